The van der Waals surface area contributed by atoms with Gasteiger partial charge in [-0.05, 0) is 6.92 Å². The van der Waals surface area contributed by atoms with Crippen molar-refractivity contribution in [3.63, 3.8) is 0 Å². The van der Waals surface area contributed by atoms with Crippen LogP contribution in [0.25, 0.3) is 0 Å². The van der Waals surface area contributed by atoms with Crippen LogP contribution in [0.4, 0.5) is 11.5 Å². The zero-order valence-corrected chi connectivity index (χ0v) is 10.7. The Kier molecular flexibility index (Phi) is 5.31. The number of rotatable bonds is 6. The number of carbonyl (C=O) groups is 1. The molecule has 0 amide bonds. The first kappa shape index (κ1) is 14.2. The maximum atomic E-state index is 11.0. The van der Waals surface area contributed by atoms with E-state index in [1.807, 2.05) is 0 Å². The van der Waals surface area contributed by atoms with Crippen molar-refractivity contribution in [1.82, 2.24) is 9.97 Å². The maximum absolute atomic E-state index is 11.0. The number of esters is 1. The van der Waals surface area contributed by atoms with Gasteiger partial charge in [-0.1, -0.05) is 11.8 Å². The van der Waals surface area contributed by atoms with Gasteiger partial charge < -0.3 is 10.1 Å². The summed E-state index contributed by atoms with van der Waals surface area (Å²) in [5, 5.41) is 13.9. The third-order valence-corrected chi connectivity index (χ3v) is 2.82. The minimum atomic E-state index is -0.572. The van der Waals surface area contributed by atoms with Crippen molar-refractivity contribution in [3.8, 4) is 0 Å². The molecular formula is C9H12N4O4S. The summed E-state index contributed by atoms with van der Waals surface area (Å²) in [6.07, 6.45) is 1.21. The van der Waals surface area contributed by atoms with E-state index in [2.05, 4.69) is 20.0 Å². The molecule has 1 rings (SSSR count). The first-order valence-electron chi connectivity index (χ1n) is 5.03. The van der Waals surface area contributed by atoms with Crippen molar-refractivity contribution in [2.24, 2.45) is 0 Å². The van der Waals surface area contributed by atoms with E-state index in [1.165, 1.54) is 13.4 Å². The lowest BCUT2D eigenvalue weighted by Gasteiger charge is -2.06. The quantitative estimate of drug-likeness (QED) is 0.269. The summed E-state index contributed by atoms with van der Waals surface area (Å²) >= 11 is 0.941. The molecule has 9 heteroatoms. The number of nitrogens with one attached hydrogen (secondary N) is 1. The van der Waals surface area contributed by atoms with Gasteiger partial charge >= 0.3 is 11.7 Å². The minimum Gasteiger partial charge on any atom is -0.468 e. The molecule has 0 aliphatic rings. The van der Waals surface area contributed by atoms with Gasteiger partial charge in [0.2, 0.25) is 5.82 Å². The van der Waals surface area contributed by atoms with Crippen molar-refractivity contribution in [1.29, 1.82) is 0 Å². The number of hydrogen-bond donors (Lipinski definition) is 1. The maximum Gasteiger partial charge on any atom is 0.343 e. The van der Waals surface area contributed by atoms with Crippen LogP contribution in [-0.4, -0.2) is 40.3 Å². The topological polar surface area (TPSA) is 107 Å². The molecular weight excluding hydrogens is 260 g/mol. The summed E-state index contributed by atoms with van der Waals surface area (Å²) in [6, 6.07) is 0. The molecule has 0 atom stereocenters. The highest BCUT2D eigenvalue weighted by atomic mass is 32.2. The number of methoxy groups -OCH3 is 1. The van der Waals surface area contributed by atoms with Crippen LogP contribution in [0.3, 0.4) is 0 Å². The summed E-state index contributed by atoms with van der Waals surface area (Å²) in [7, 11) is 1.25. The van der Waals surface area contributed by atoms with E-state index >= 15 is 0 Å². The molecule has 0 fully saturated rings. The number of nitro groups is 1. The van der Waals surface area contributed by atoms with Crippen LogP contribution in [0.15, 0.2) is 11.4 Å². The van der Waals surface area contributed by atoms with Crippen molar-refractivity contribution in [2.75, 3.05) is 24.7 Å². The Morgan fingerprint density at radius 2 is 2.33 bits per heavy atom. The number of hydrogen-bond acceptors (Lipinski definition) is 8. The monoisotopic (exact) mass is 272 g/mol. The highest BCUT2D eigenvalue weighted by molar-refractivity contribution is 8.00. The van der Waals surface area contributed by atoms with Gasteiger partial charge in [0.15, 0.2) is 5.03 Å². The Morgan fingerprint density at radius 1 is 1.61 bits per heavy atom. The summed E-state index contributed by atoms with van der Waals surface area (Å²) in [5.41, 5.74) is -0.228. The van der Waals surface area contributed by atoms with Gasteiger partial charge in [0.25, 0.3) is 0 Å². The molecule has 1 aromatic rings. The molecule has 0 spiro atoms. The SMILES string of the molecule is CCNc1ncnc(SCC(=O)OC)c1[N+](=O)[O-]. The molecule has 1 aromatic heterocycles. The minimum absolute atomic E-state index is 0.0417. The van der Waals surface area contributed by atoms with Crippen LogP contribution in [0.1, 0.15) is 6.92 Å². The van der Waals surface area contributed by atoms with Crippen LogP contribution >= 0.6 is 11.8 Å². The van der Waals surface area contributed by atoms with Gasteiger partial charge in [0.1, 0.15) is 6.33 Å². The fraction of sp³-hybridized carbons (Fsp3) is 0.444. The Balaban J connectivity index is 2.99. The lowest BCUT2D eigenvalue weighted by atomic mass is 10.5. The molecule has 0 saturated carbocycles. The van der Waals surface area contributed by atoms with E-state index in [0.717, 1.165) is 11.8 Å². The lowest BCUT2D eigenvalue weighted by Crippen LogP contribution is -2.07. The Bertz CT molecular complexity index is 454. The molecule has 1 N–H and O–H groups in total. The molecule has 98 valence electrons. The van der Waals surface area contributed by atoms with Crippen molar-refractivity contribution < 1.29 is 14.5 Å². The van der Waals surface area contributed by atoms with Gasteiger partial charge in [0, 0.05) is 6.54 Å². The van der Waals surface area contributed by atoms with Crippen molar-refractivity contribution in [2.45, 2.75) is 11.9 Å². The Morgan fingerprint density at radius 3 is 2.89 bits per heavy atom. The molecule has 0 aliphatic carbocycles. The molecule has 1 heterocycles. The molecule has 0 saturated heterocycles. The summed E-state index contributed by atoms with van der Waals surface area (Å²) in [4.78, 5) is 29.0. The van der Waals surface area contributed by atoms with Crippen LogP contribution in [0.2, 0.25) is 0 Å². The van der Waals surface area contributed by atoms with Gasteiger partial charge in [-0.15, -0.1) is 0 Å². The third-order valence-electron chi connectivity index (χ3n) is 1.87. The first-order valence-corrected chi connectivity index (χ1v) is 6.01. The highest BCUT2D eigenvalue weighted by Crippen LogP contribution is 2.31. The molecule has 18 heavy (non-hydrogen) atoms. The van der Waals surface area contributed by atoms with Gasteiger partial charge in [0.05, 0.1) is 17.8 Å². The van der Waals surface area contributed by atoms with E-state index in [1.54, 1.807) is 6.92 Å². The second-order valence-electron chi connectivity index (χ2n) is 3.03. The highest BCUT2D eigenvalue weighted by Gasteiger charge is 2.23. The zero-order chi connectivity index (χ0) is 13.5. The number of nitrogens with zero attached hydrogens (tertiary/aromatic N) is 3. The van der Waals surface area contributed by atoms with Crippen molar-refractivity contribution >= 4 is 29.2 Å². The zero-order valence-electron chi connectivity index (χ0n) is 9.87. The molecule has 0 aliphatic heterocycles. The largest absolute Gasteiger partial charge is 0.468 e. The van der Waals surface area contributed by atoms with E-state index in [-0.39, 0.29) is 22.3 Å². The smallest absolute Gasteiger partial charge is 0.343 e. The number of carbonyl (C=O) groups excluding carboxylic acids is 1. The van der Waals surface area contributed by atoms with E-state index in [4.69, 9.17) is 0 Å². The van der Waals surface area contributed by atoms with E-state index in [9.17, 15) is 14.9 Å². The summed E-state index contributed by atoms with van der Waals surface area (Å²) < 4.78 is 4.46. The van der Waals surface area contributed by atoms with Crippen LogP contribution < -0.4 is 5.32 Å². The Labute approximate surface area is 107 Å². The standard InChI is InChI=1S/C9H12N4O4S/c1-3-10-8-7(13(15)16)9(12-5-11-8)18-4-6(14)17-2/h5H,3-4H2,1-2H3,(H,10,11,12). The Hall–Kier alpha value is -1.90. The summed E-state index contributed by atoms with van der Waals surface area (Å²) in [6.45, 7) is 2.30. The summed E-state index contributed by atoms with van der Waals surface area (Å²) in [5.74, 6) is -0.373. The van der Waals surface area contributed by atoms with E-state index < -0.39 is 10.9 Å². The number of thioether (sulfide) groups is 1. The molecule has 0 unspecified atom stereocenters. The fourth-order valence-electron chi connectivity index (χ4n) is 1.12. The fourth-order valence-corrected chi connectivity index (χ4v) is 1.92. The van der Waals surface area contributed by atoms with Crippen LogP contribution in [-0.2, 0) is 9.53 Å². The number of ether oxygens (including phenoxy) is 1. The predicted octanol–water partition coefficient (Wildman–Crippen LogP) is 1.08. The third kappa shape index (κ3) is 3.55. The number of aromatic nitrogens is 2. The second-order valence-corrected chi connectivity index (χ2v) is 3.99. The first-order chi connectivity index (χ1) is 8.60. The van der Waals surface area contributed by atoms with Gasteiger partial charge in [-0.3, -0.25) is 14.9 Å². The van der Waals surface area contributed by atoms with Crippen LogP contribution in [0.5, 0.6) is 0 Å². The molecule has 8 nitrogen and oxygen atoms in total. The average Bonchev–Trinajstić information content (AvgIpc) is 2.36. The van der Waals surface area contributed by atoms with Crippen LogP contribution in [0, 0.1) is 10.1 Å². The molecule has 0 radical (unpaired) electrons. The number of anilines is 1. The van der Waals surface area contributed by atoms with E-state index in [0.29, 0.717) is 6.54 Å². The molecule has 0 aromatic carbocycles. The van der Waals surface area contributed by atoms with Gasteiger partial charge in [-0.2, -0.15) is 0 Å². The normalized spacial score (nSPS) is 9.89. The average molecular weight is 272 g/mol. The lowest BCUT2D eigenvalue weighted by molar-refractivity contribution is -0.387. The molecule has 0 bridgehead atoms. The second kappa shape index (κ2) is 6.74. The van der Waals surface area contributed by atoms with Gasteiger partial charge in [-0.25, -0.2) is 9.97 Å². The predicted molar refractivity (Wildman–Crippen MR) is 65.6 cm³/mol. The van der Waals surface area contributed by atoms with Crippen molar-refractivity contribution in [3.05, 3.63) is 16.4 Å².